The lowest BCUT2D eigenvalue weighted by Gasteiger charge is -2.26. The van der Waals surface area contributed by atoms with Crippen LogP contribution in [0.4, 0.5) is 0 Å². The number of carbonyl (C=O) groups excluding carboxylic acids is 3. The molecule has 1 aliphatic heterocycles. The zero-order valence-corrected chi connectivity index (χ0v) is 20.7. The second kappa shape index (κ2) is 10.5. The molecule has 2 heterocycles. The van der Waals surface area contributed by atoms with Gasteiger partial charge in [-0.25, -0.2) is 18.0 Å². The number of rotatable bonds is 8. The van der Waals surface area contributed by atoms with E-state index in [0.29, 0.717) is 30.0 Å². The number of piperidine rings is 1. The molecular formula is C24H30N2O7S. The average molecular weight is 491 g/mol. The van der Waals surface area contributed by atoms with E-state index in [0.717, 1.165) is 19.3 Å². The van der Waals surface area contributed by atoms with Crippen LogP contribution in [0, 0.1) is 20.8 Å². The standard InChI is InChI=1S/C24H30N2O7S/c1-5-32-24(29)22-17(4)25-16(3)21(22)20(27)14-33-23(28)19-13-18(10-9-15(19)2)34(30,31)26-11-7-6-8-12-26/h9-10,13,25H,5-8,11-12,14H2,1-4H3. The Morgan fingerprint density at radius 3 is 2.24 bits per heavy atom. The molecule has 1 saturated heterocycles. The minimum Gasteiger partial charge on any atom is -0.462 e. The van der Waals surface area contributed by atoms with E-state index in [9.17, 15) is 22.8 Å². The summed E-state index contributed by atoms with van der Waals surface area (Å²) in [5, 5.41) is 0. The van der Waals surface area contributed by atoms with Crippen LogP contribution < -0.4 is 0 Å². The van der Waals surface area contributed by atoms with Gasteiger partial charge < -0.3 is 14.5 Å². The van der Waals surface area contributed by atoms with Gasteiger partial charge in [-0.2, -0.15) is 4.31 Å². The van der Waals surface area contributed by atoms with Crippen LogP contribution >= 0.6 is 0 Å². The van der Waals surface area contributed by atoms with Gasteiger partial charge in [0.2, 0.25) is 15.8 Å². The number of hydrogen-bond acceptors (Lipinski definition) is 7. The van der Waals surface area contributed by atoms with E-state index in [1.807, 2.05) is 0 Å². The first-order valence-corrected chi connectivity index (χ1v) is 12.7. The number of Topliss-reactive ketones (excluding diaryl/α,β-unsaturated/α-hetero) is 1. The van der Waals surface area contributed by atoms with Gasteiger partial charge in [0.25, 0.3) is 0 Å². The van der Waals surface area contributed by atoms with E-state index < -0.39 is 34.4 Å². The van der Waals surface area contributed by atoms with Gasteiger partial charge in [-0.05, 0) is 58.2 Å². The summed E-state index contributed by atoms with van der Waals surface area (Å²) < 4.78 is 37.7. The van der Waals surface area contributed by atoms with Crippen molar-refractivity contribution < 1.29 is 32.3 Å². The number of carbonyl (C=O) groups is 3. The zero-order chi connectivity index (χ0) is 25.0. The third kappa shape index (κ3) is 5.23. The lowest BCUT2D eigenvalue weighted by Crippen LogP contribution is -2.35. The normalized spacial score (nSPS) is 14.6. The molecule has 184 valence electrons. The highest BCUT2D eigenvalue weighted by Gasteiger charge is 2.29. The Labute approximate surface area is 199 Å². The quantitative estimate of drug-likeness (QED) is 0.445. The zero-order valence-electron chi connectivity index (χ0n) is 19.9. The summed E-state index contributed by atoms with van der Waals surface area (Å²) in [6, 6.07) is 4.31. The highest BCUT2D eigenvalue weighted by molar-refractivity contribution is 7.89. The fourth-order valence-corrected chi connectivity index (χ4v) is 5.65. The first-order valence-electron chi connectivity index (χ1n) is 11.2. The van der Waals surface area contributed by atoms with Crippen LogP contribution in [0.3, 0.4) is 0 Å². The lowest BCUT2D eigenvalue weighted by molar-refractivity contribution is 0.0471. The molecule has 0 spiro atoms. The van der Waals surface area contributed by atoms with Crippen LogP contribution in [0.2, 0.25) is 0 Å². The summed E-state index contributed by atoms with van der Waals surface area (Å²) in [7, 11) is -3.73. The Morgan fingerprint density at radius 1 is 0.941 bits per heavy atom. The van der Waals surface area contributed by atoms with Gasteiger partial charge in [0.15, 0.2) is 6.61 Å². The van der Waals surface area contributed by atoms with Gasteiger partial charge in [-0.3, -0.25) is 4.79 Å². The Kier molecular flexibility index (Phi) is 7.93. The maximum absolute atomic E-state index is 13.0. The Balaban J connectivity index is 1.79. The predicted molar refractivity (Wildman–Crippen MR) is 125 cm³/mol. The van der Waals surface area contributed by atoms with Crippen molar-refractivity contribution in [3.63, 3.8) is 0 Å². The molecule has 0 bridgehead atoms. The van der Waals surface area contributed by atoms with E-state index in [4.69, 9.17) is 9.47 Å². The third-order valence-corrected chi connectivity index (χ3v) is 7.74. The molecular weight excluding hydrogens is 460 g/mol. The van der Waals surface area contributed by atoms with Crippen molar-refractivity contribution >= 4 is 27.7 Å². The second-order valence-corrected chi connectivity index (χ2v) is 10.2. The predicted octanol–water partition coefficient (Wildman–Crippen LogP) is 3.33. The molecule has 0 atom stereocenters. The van der Waals surface area contributed by atoms with Crippen molar-refractivity contribution in [1.29, 1.82) is 0 Å². The minimum absolute atomic E-state index is 0.0139. The monoisotopic (exact) mass is 490 g/mol. The van der Waals surface area contributed by atoms with Crippen molar-refractivity contribution in [2.24, 2.45) is 0 Å². The first kappa shape index (κ1) is 25.6. The fraction of sp³-hybridized carbons (Fsp3) is 0.458. The fourth-order valence-electron chi connectivity index (χ4n) is 4.11. The Bertz CT molecular complexity index is 1210. The molecule has 1 aliphatic rings. The third-order valence-electron chi connectivity index (χ3n) is 5.85. The molecule has 2 aromatic rings. The van der Waals surface area contributed by atoms with Gasteiger partial charge in [0.1, 0.15) is 0 Å². The van der Waals surface area contributed by atoms with E-state index in [2.05, 4.69) is 4.98 Å². The summed E-state index contributed by atoms with van der Waals surface area (Å²) in [6.45, 7) is 7.06. The van der Waals surface area contributed by atoms with Crippen LogP contribution in [0.15, 0.2) is 23.1 Å². The topological polar surface area (TPSA) is 123 Å². The van der Waals surface area contributed by atoms with Gasteiger partial charge in [-0.1, -0.05) is 12.5 Å². The van der Waals surface area contributed by atoms with Gasteiger partial charge >= 0.3 is 11.9 Å². The molecule has 1 fully saturated rings. The number of hydrogen-bond donors (Lipinski definition) is 1. The number of nitrogens with one attached hydrogen (secondary N) is 1. The molecule has 1 N–H and O–H groups in total. The summed E-state index contributed by atoms with van der Waals surface area (Å²) in [4.78, 5) is 40.9. The number of ketones is 1. The molecule has 0 unspecified atom stereocenters. The van der Waals surface area contributed by atoms with Crippen molar-refractivity contribution in [2.75, 3.05) is 26.3 Å². The highest BCUT2D eigenvalue weighted by atomic mass is 32.2. The molecule has 1 aromatic carbocycles. The number of sulfonamides is 1. The number of aromatic nitrogens is 1. The largest absolute Gasteiger partial charge is 0.462 e. The average Bonchev–Trinajstić information content (AvgIpc) is 3.11. The lowest BCUT2D eigenvalue weighted by atomic mass is 10.1. The van der Waals surface area contributed by atoms with E-state index in [-0.39, 0.29) is 28.2 Å². The number of aryl methyl sites for hydroxylation is 3. The molecule has 1 aromatic heterocycles. The summed E-state index contributed by atoms with van der Waals surface area (Å²) in [5.41, 5.74) is 1.77. The molecule has 3 rings (SSSR count). The highest BCUT2D eigenvalue weighted by Crippen LogP contribution is 2.24. The Hall–Kier alpha value is -2.98. The van der Waals surface area contributed by atoms with Crippen molar-refractivity contribution in [3.05, 3.63) is 51.8 Å². The number of ether oxygens (including phenoxy) is 2. The SMILES string of the molecule is CCOC(=O)c1c(C)[nH]c(C)c1C(=O)COC(=O)c1cc(S(=O)(=O)N2CCCCC2)ccc1C. The van der Waals surface area contributed by atoms with E-state index in [1.54, 1.807) is 33.8 Å². The van der Waals surface area contributed by atoms with Crippen LogP contribution in [0.25, 0.3) is 0 Å². The number of nitrogens with zero attached hydrogens (tertiary/aromatic N) is 1. The van der Waals surface area contributed by atoms with Crippen molar-refractivity contribution in [3.8, 4) is 0 Å². The smallest absolute Gasteiger partial charge is 0.340 e. The van der Waals surface area contributed by atoms with Gasteiger partial charge in [-0.15, -0.1) is 0 Å². The molecule has 34 heavy (non-hydrogen) atoms. The first-order chi connectivity index (χ1) is 16.1. The summed E-state index contributed by atoms with van der Waals surface area (Å²) in [6.07, 6.45) is 2.59. The minimum atomic E-state index is -3.73. The molecule has 10 heteroatoms. The second-order valence-electron chi connectivity index (χ2n) is 8.29. The van der Waals surface area contributed by atoms with Crippen LogP contribution in [-0.4, -0.2) is 61.7 Å². The number of H-pyrrole nitrogens is 1. The Morgan fingerprint density at radius 2 is 1.59 bits per heavy atom. The molecule has 0 aliphatic carbocycles. The van der Waals surface area contributed by atoms with Crippen molar-refractivity contribution in [1.82, 2.24) is 9.29 Å². The van der Waals surface area contributed by atoms with Crippen LogP contribution in [0.5, 0.6) is 0 Å². The van der Waals surface area contributed by atoms with Crippen molar-refractivity contribution in [2.45, 2.75) is 51.9 Å². The maximum atomic E-state index is 13.0. The molecule has 0 saturated carbocycles. The number of benzene rings is 1. The molecule has 0 radical (unpaired) electrons. The number of esters is 2. The maximum Gasteiger partial charge on any atom is 0.340 e. The summed E-state index contributed by atoms with van der Waals surface area (Å²) >= 11 is 0. The van der Waals surface area contributed by atoms with E-state index in [1.165, 1.54) is 16.4 Å². The molecule has 0 amide bonds. The van der Waals surface area contributed by atoms with Gasteiger partial charge in [0, 0.05) is 24.5 Å². The van der Waals surface area contributed by atoms with E-state index >= 15 is 0 Å². The van der Waals surface area contributed by atoms with Crippen LogP contribution in [-0.2, 0) is 19.5 Å². The van der Waals surface area contributed by atoms with Crippen LogP contribution in [0.1, 0.15) is 74.2 Å². The summed E-state index contributed by atoms with van der Waals surface area (Å²) in [5.74, 6) is -2.01. The molecule has 9 nitrogen and oxygen atoms in total. The van der Waals surface area contributed by atoms with Gasteiger partial charge in [0.05, 0.1) is 28.2 Å². The number of aromatic amines is 1.